The minimum atomic E-state index is -0.346. The number of non-ortho nitro benzene ring substituents is 1. The van der Waals surface area contributed by atoms with Crippen LogP contribution in [-0.4, -0.2) is 9.75 Å². The van der Waals surface area contributed by atoms with Crippen molar-refractivity contribution in [1.29, 1.82) is 0 Å². The van der Waals surface area contributed by atoms with E-state index in [1.165, 1.54) is 6.07 Å². The predicted octanol–water partition coefficient (Wildman–Crippen LogP) is 4.09. The molecule has 0 saturated heterocycles. The normalized spacial score (nSPS) is 12.4. The van der Waals surface area contributed by atoms with Gasteiger partial charge in [0.25, 0.3) is 5.69 Å². The number of benzene rings is 1. The molecule has 0 saturated carbocycles. The van der Waals surface area contributed by atoms with Gasteiger partial charge in [0.05, 0.1) is 4.92 Å². The van der Waals surface area contributed by atoms with Gasteiger partial charge in [-0.25, -0.2) is 0 Å². The van der Waals surface area contributed by atoms with E-state index in [1.807, 2.05) is 6.07 Å². The summed E-state index contributed by atoms with van der Waals surface area (Å²) >= 11 is 3.61. The number of nitro benzene ring substituents is 1. The average Bonchev–Trinajstić information content (AvgIpc) is 2.27. The first-order valence-electron chi connectivity index (χ1n) is 5.51. The molecule has 0 aromatic heterocycles. The van der Waals surface area contributed by atoms with E-state index in [0.717, 1.165) is 31.2 Å². The Kier molecular flexibility index (Phi) is 5.46. The SMILES string of the molecule is CCCC(Br)CCc1cccc([N+](=O)[O-])c1. The van der Waals surface area contributed by atoms with Crippen molar-refractivity contribution in [3.63, 3.8) is 0 Å². The quantitative estimate of drug-likeness (QED) is 0.449. The van der Waals surface area contributed by atoms with Crippen molar-refractivity contribution in [3.05, 3.63) is 39.9 Å². The topological polar surface area (TPSA) is 43.1 Å². The molecule has 1 rings (SSSR count). The zero-order chi connectivity index (χ0) is 12.0. The van der Waals surface area contributed by atoms with Gasteiger partial charge in [-0.1, -0.05) is 41.4 Å². The first-order chi connectivity index (χ1) is 7.63. The van der Waals surface area contributed by atoms with Gasteiger partial charge in [0, 0.05) is 17.0 Å². The van der Waals surface area contributed by atoms with E-state index >= 15 is 0 Å². The molecule has 0 bridgehead atoms. The lowest BCUT2D eigenvalue weighted by molar-refractivity contribution is -0.384. The summed E-state index contributed by atoms with van der Waals surface area (Å²) in [6.07, 6.45) is 4.21. The summed E-state index contributed by atoms with van der Waals surface area (Å²) in [6, 6.07) is 6.88. The van der Waals surface area contributed by atoms with Crippen LogP contribution in [0.5, 0.6) is 0 Å². The molecule has 0 aliphatic heterocycles. The van der Waals surface area contributed by atoms with Crippen LogP contribution in [0.15, 0.2) is 24.3 Å². The molecule has 3 nitrogen and oxygen atoms in total. The lowest BCUT2D eigenvalue weighted by Crippen LogP contribution is -1.99. The van der Waals surface area contributed by atoms with Crippen LogP contribution in [0.1, 0.15) is 31.7 Å². The average molecular weight is 286 g/mol. The molecule has 0 N–H and O–H groups in total. The number of rotatable bonds is 6. The largest absolute Gasteiger partial charge is 0.269 e. The molecule has 16 heavy (non-hydrogen) atoms. The number of nitrogens with zero attached hydrogens (tertiary/aromatic N) is 1. The minimum Gasteiger partial charge on any atom is -0.258 e. The second-order valence-corrected chi connectivity index (χ2v) is 5.15. The molecule has 0 amide bonds. The van der Waals surface area contributed by atoms with E-state index in [4.69, 9.17) is 0 Å². The van der Waals surface area contributed by atoms with E-state index < -0.39 is 0 Å². The number of alkyl halides is 1. The maximum absolute atomic E-state index is 10.6. The lowest BCUT2D eigenvalue weighted by atomic mass is 10.1. The smallest absolute Gasteiger partial charge is 0.258 e. The highest BCUT2D eigenvalue weighted by molar-refractivity contribution is 9.09. The first-order valence-corrected chi connectivity index (χ1v) is 6.42. The van der Waals surface area contributed by atoms with Gasteiger partial charge in [0.15, 0.2) is 0 Å². The Morgan fingerprint density at radius 1 is 1.44 bits per heavy atom. The van der Waals surface area contributed by atoms with Gasteiger partial charge in [0.1, 0.15) is 0 Å². The van der Waals surface area contributed by atoms with Crippen molar-refractivity contribution in [2.45, 2.75) is 37.4 Å². The Hall–Kier alpha value is -0.900. The van der Waals surface area contributed by atoms with Crippen LogP contribution in [-0.2, 0) is 6.42 Å². The third-order valence-corrected chi connectivity index (χ3v) is 3.39. The molecule has 0 aliphatic rings. The molecule has 4 heteroatoms. The summed E-state index contributed by atoms with van der Waals surface area (Å²) in [7, 11) is 0. The van der Waals surface area contributed by atoms with E-state index in [0.29, 0.717) is 4.83 Å². The summed E-state index contributed by atoms with van der Waals surface area (Å²) in [5.41, 5.74) is 1.22. The third kappa shape index (κ3) is 4.31. The van der Waals surface area contributed by atoms with Gasteiger partial charge < -0.3 is 0 Å². The number of halogens is 1. The highest BCUT2D eigenvalue weighted by Crippen LogP contribution is 2.18. The lowest BCUT2D eigenvalue weighted by Gasteiger charge is -2.07. The fraction of sp³-hybridized carbons (Fsp3) is 0.500. The standard InChI is InChI=1S/C12H16BrNO2/c1-2-4-11(13)8-7-10-5-3-6-12(9-10)14(15)16/h3,5-6,9,11H,2,4,7-8H2,1H3. The molecular formula is C12H16BrNO2. The van der Waals surface area contributed by atoms with Gasteiger partial charge in [-0.2, -0.15) is 0 Å². The van der Waals surface area contributed by atoms with Crippen molar-refractivity contribution in [2.75, 3.05) is 0 Å². The van der Waals surface area contributed by atoms with Gasteiger partial charge in [-0.15, -0.1) is 0 Å². The summed E-state index contributed by atoms with van der Waals surface area (Å²) in [6.45, 7) is 2.15. The van der Waals surface area contributed by atoms with E-state index in [-0.39, 0.29) is 10.6 Å². The Morgan fingerprint density at radius 2 is 2.19 bits per heavy atom. The Labute approximate surface area is 104 Å². The first kappa shape index (κ1) is 13.2. The summed E-state index contributed by atoms with van der Waals surface area (Å²) in [5.74, 6) is 0. The Balaban J connectivity index is 2.54. The molecule has 0 aliphatic carbocycles. The van der Waals surface area contributed by atoms with E-state index in [1.54, 1.807) is 12.1 Å². The molecule has 0 spiro atoms. The van der Waals surface area contributed by atoms with Crippen LogP contribution in [0.3, 0.4) is 0 Å². The molecule has 1 aromatic carbocycles. The second kappa shape index (κ2) is 6.63. The molecule has 0 heterocycles. The number of hydrogen-bond donors (Lipinski definition) is 0. The molecule has 1 aromatic rings. The van der Waals surface area contributed by atoms with E-state index in [2.05, 4.69) is 22.9 Å². The van der Waals surface area contributed by atoms with Crippen LogP contribution in [0, 0.1) is 10.1 Å². The van der Waals surface area contributed by atoms with Crippen molar-refractivity contribution >= 4 is 21.6 Å². The van der Waals surface area contributed by atoms with Crippen LogP contribution < -0.4 is 0 Å². The van der Waals surface area contributed by atoms with Crippen LogP contribution in [0.4, 0.5) is 5.69 Å². The zero-order valence-corrected chi connectivity index (χ0v) is 10.9. The van der Waals surface area contributed by atoms with Crippen molar-refractivity contribution < 1.29 is 4.92 Å². The van der Waals surface area contributed by atoms with Crippen LogP contribution in [0.25, 0.3) is 0 Å². The molecule has 1 atom stereocenters. The predicted molar refractivity (Wildman–Crippen MR) is 69.0 cm³/mol. The zero-order valence-electron chi connectivity index (χ0n) is 9.36. The third-order valence-electron chi connectivity index (χ3n) is 2.47. The summed E-state index contributed by atoms with van der Waals surface area (Å²) in [4.78, 5) is 10.8. The van der Waals surface area contributed by atoms with E-state index in [9.17, 15) is 10.1 Å². The maximum atomic E-state index is 10.6. The molecule has 0 fully saturated rings. The van der Waals surface area contributed by atoms with Gasteiger partial charge in [-0.3, -0.25) is 10.1 Å². The Morgan fingerprint density at radius 3 is 2.81 bits per heavy atom. The fourth-order valence-electron chi connectivity index (χ4n) is 1.61. The Bertz CT molecular complexity index is 355. The molecule has 88 valence electrons. The van der Waals surface area contributed by atoms with Gasteiger partial charge in [0.2, 0.25) is 0 Å². The van der Waals surface area contributed by atoms with Crippen LogP contribution >= 0.6 is 15.9 Å². The number of hydrogen-bond acceptors (Lipinski definition) is 2. The van der Waals surface area contributed by atoms with Gasteiger partial charge >= 0.3 is 0 Å². The summed E-state index contributed by atoms with van der Waals surface area (Å²) in [5, 5.41) is 10.6. The number of nitro groups is 1. The summed E-state index contributed by atoms with van der Waals surface area (Å²) < 4.78 is 0. The highest BCUT2D eigenvalue weighted by atomic mass is 79.9. The maximum Gasteiger partial charge on any atom is 0.269 e. The minimum absolute atomic E-state index is 0.180. The fourth-order valence-corrected chi connectivity index (χ4v) is 2.29. The van der Waals surface area contributed by atoms with Crippen molar-refractivity contribution in [3.8, 4) is 0 Å². The number of aryl methyl sites for hydroxylation is 1. The highest BCUT2D eigenvalue weighted by Gasteiger charge is 2.07. The molecule has 1 unspecified atom stereocenters. The van der Waals surface area contributed by atoms with Crippen LogP contribution in [0.2, 0.25) is 0 Å². The monoisotopic (exact) mass is 285 g/mol. The van der Waals surface area contributed by atoms with Crippen molar-refractivity contribution in [2.24, 2.45) is 0 Å². The molecule has 0 radical (unpaired) electrons. The second-order valence-electron chi connectivity index (χ2n) is 3.85. The molecular weight excluding hydrogens is 270 g/mol. The van der Waals surface area contributed by atoms with Gasteiger partial charge in [-0.05, 0) is 24.8 Å². The van der Waals surface area contributed by atoms with Crippen molar-refractivity contribution in [1.82, 2.24) is 0 Å².